The van der Waals surface area contributed by atoms with Crippen molar-refractivity contribution in [3.8, 4) is 0 Å². The number of ether oxygens (including phenoxy) is 1. The molecule has 0 radical (unpaired) electrons. The third kappa shape index (κ3) is 2.92. The Kier molecular flexibility index (Phi) is 4.58. The summed E-state index contributed by atoms with van der Waals surface area (Å²) in [5, 5.41) is 12.3. The second kappa shape index (κ2) is 7.05. The van der Waals surface area contributed by atoms with Gasteiger partial charge in [-0.05, 0) is 36.0 Å². The van der Waals surface area contributed by atoms with E-state index in [-0.39, 0.29) is 17.4 Å². The lowest BCUT2D eigenvalue weighted by molar-refractivity contribution is -0.119. The molecule has 1 unspecified atom stereocenters. The van der Waals surface area contributed by atoms with Gasteiger partial charge in [-0.2, -0.15) is 10.2 Å². The molecule has 30 heavy (non-hydrogen) atoms. The van der Waals surface area contributed by atoms with Crippen LogP contribution in [0.5, 0.6) is 0 Å². The van der Waals surface area contributed by atoms with Gasteiger partial charge in [-0.3, -0.25) is 4.79 Å². The number of carbonyl (C=O) groups excluding carboxylic acids is 1. The maximum Gasteiger partial charge on any atom is 0.164 e. The lowest BCUT2D eigenvalue weighted by Crippen LogP contribution is -2.51. The van der Waals surface area contributed by atoms with Crippen LogP contribution in [0.4, 0.5) is 5.69 Å². The monoisotopic (exact) mass is 406 g/mol. The molecule has 1 fully saturated rings. The number of allylic oxidation sites excluding steroid dienone is 2. The topological polar surface area (TPSA) is 66.3 Å². The van der Waals surface area contributed by atoms with Crippen molar-refractivity contribution in [1.82, 2.24) is 5.32 Å². The molecule has 158 valence electrons. The molecule has 0 spiro atoms. The number of hydrogen-bond acceptors (Lipinski definition) is 6. The molecule has 6 heteroatoms. The molecule has 1 aromatic carbocycles. The minimum Gasteiger partial charge on any atom is -0.378 e. The summed E-state index contributed by atoms with van der Waals surface area (Å²) in [6, 6.07) is 8.73. The van der Waals surface area contributed by atoms with Gasteiger partial charge in [0.15, 0.2) is 11.9 Å². The van der Waals surface area contributed by atoms with Crippen LogP contribution < -0.4 is 10.2 Å². The average molecular weight is 407 g/mol. The molecule has 0 bridgehead atoms. The summed E-state index contributed by atoms with van der Waals surface area (Å²) in [6.45, 7) is 9.81. The van der Waals surface area contributed by atoms with Gasteiger partial charge in [-0.25, -0.2) is 0 Å². The highest BCUT2D eigenvalue weighted by molar-refractivity contribution is 6.01. The number of azo groups is 1. The number of carbonyl (C=O) groups is 1. The van der Waals surface area contributed by atoms with E-state index < -0.39 is 5.41 Å². The summed E-state index contributed by atoms with van der Waals surface area (Å²) in [5.74, 6) is 0.249. The summed E-state index contributed by atoms with van der Waals surface area (Å²) in [4.78, 5) is 15.9. The van der Waals surface area contributed by atoms with Gasteiger partial charge in [-0.15, -0.1) is 0 Å². The number of hydrogen-bond donors (Lipinski definition) is 1. The molecule has 3 aliphatic heterocycles. The van der Waals surface area contributed by atoms with Gasteiger partial charge in [-0.1, -0.05) is 32.9 Å². The van der Waals surface area contributed by atoms with Crippen LogP contribution in [0.1, 0.15) is 45.6 Å². The Bertz CT molecular complexity index is 971. The van der Waals surface area contributed by atoms with E-state index in [1.165, 1.54) is 11.3 Å². The lowest BCUT2D eigenvalue weighted by atomic mass is 9.59. The first kappa shape index (κ1) is 19.5. The van der Waals surface area contributed by atoms with E-state index in [0.29, 0.717) is 6.42 Å². The summed E-state index contributed by atoms with van der Waals surface area (Å²) in [5.41, 5.74) is 4.91. The zero-order valence-electron chi connectivity index (χ0n) is 18.1. The molecule has 3 heterocycles. The van der Waals surface area contributed by atoms with Crippen LogP contribution in [-0.2, 0) is 14.9 Å². The Morgan fingerprint density at radius 2 is 2.03 bits per heavy atom. The number of nitrogens with one attached hydrogen (secondary N) is 1. The van der Waals surface area contributed by atoms with Gasteiger partial charge in [0, 0.05) is 42.0 Å². The van der Waals surface area contributed by atoms with Crippen molar-refractivity contribution in [2.45, 2.75) is 51.6 Å². The maximum atomic E-state index is 13.6. The molecular weight excluding hydrogens is 376 g/mol. The summed E-state index contributed by atoms with van der Waals surface area (Å²) in [6.07, 6.45) is 3.93. The largest absolute Gasteiger partial charge is 0.378 e. The van der Waals surface area contributed by atoms with Crippen LogP contribution in [-0.4, -0.2) is 38.3 Å². The van der Waals surface area contributed by atoms with Crippen molar-refractivity contribution in [3.05, 3.63) is 52.9 Å². The molecule has 4 aliphatic rings. The van der Waals surface area contributed by atoms with E-state index in [0.717, 1.165) is 56.0 Å². The standard InChI is InChI=1S/C24H30N4O2/c1-4-24(16-6-5-7-17(12-16)28-8-10-30-11-9-28)18-15-25-27-22(18)26-19-13-23(2,3)14-20(29)21(19)24/h5-7,12,15,22,26H,4,8-11,13-14H2,1-3H3/t22?,24-/m0/s1. The van der Waals surface area contributed by atoms with Crippen LogP contribution in [0, 0.1) is 5.41 Å². The van der Waals surface area contributed by atoms with E-state index in [9.17, 15) is 4.79 Å². The molecule has 1 saturated heterocycles. The van der Waals surface area contributed by atoms with E-state index >= 15 is 0 Å². The summed E-state index contributed by atoms with van der Waals surface area (Å²) in [7, 11) is 0. The number of nitrogens with zero attached hydrogens (tertiary/aromatic N) is 3. The van der Waals surface area contributed by atoms with E-state index in [1.807, 2.05) is 6.20 Å². The van der Waals surface area contributed by atoms with E-state index in [1.54, 1.807) is 0 Å². The van der Waals surface area contributed by atoms with Crippen molar-refractivity contribution in [1.29, 1.82) is 0 Å². The lowest BCUT2D eigenvalue weighted by Gasteiger charge is -2.48. The van der Waals surface area contributed by atoms with Gasteiger partial charge in [0.25, 0.3) is 0 Å². The van der Waals surface area contributed by atoms with Crippen molar-refractivity contribution >= 4 is 11.5 Å². The highest BCUT2D eigenvalue weighted by atomic mass is 16.5. The van der Waals surface area contributed by atoms with Crippen molar-refractivity contribution in [3.63, 3.8) is 0 Å². The summed E-state index contributed by atoms with van der Waals surface area (Å²) >= 11 is 0. The fourth-order valence-corrected chi connectivity index (χ4v) is 5.68. The second-order valence-corrected chi connectivity index (χ2v) is 9.57. The number of rotatable bonds is 3. The van der Waals surface area contributed by atoms with Crippen LogP contribution in [0.15, 0.2) is 57.5 Å². The zero-order chi connectivity index (χ0) is 20.9. The Labute approximate surface area is 178 Å². The molecule has 5 rings (SSSR count). The molecule has 1 N–H and O–H groups in total. The smallest absolute Gasteiger partial charge is 0.164 e. The highest BCUT2D eigenvalue weighted by Gasteiger charge is 2.53. The Morgan fingerprint density at radius 3 is 2.80 bits per heavy atom. The molecule has 0 amide bonds. The van der Waals surface area contributed by atoms with Crippen molar-refractivity contribution < 1.29 is 9.53 Å². The first-order chi connectivity index (χ1) is 14.4. The molecule has 1 aromatic rings. The van der Waals surface area contributed by atoms with Gasteiger partial charge in [0.05, 0.1) is 24.8 Å². The quantitative estimate of drug-likeness (QED) is 0.821. The number of ketones is 1. The third-order valence-electron chi connectivity index (χ3n) is 7.02. The molecular formula is C24H30N4O2. The van der Waals surface area contributed by atoms with Gasteiger partial charge in [0.1, 0.15) is 0 Å². The number of morpholine rings is 1. The van der Waals surface area contributed by atoms with E-state index in [4.69, 9.17) is 4.74 Å². The van der Waals surface area contributed by atoms with Crippen LogP contribution >= 0.6 is 0 Å². The normalized spacial score (nSPS) is 30.0. The fraction of sp³-hybridized carbons (Fsp3) is 0.542. The minimum absolute atomic E-state index is 0.0466. The van der Waals surface area contributed by atoms with E-state index in [2.05, 4.69) is 65.5 Å². The van der Waals surface area contributed by atoms with Crippen molar-refractivity contribution in [2.75, 3.05) is 31.2 Å². The summed E-state index contributed by atoms with van der Waals surface area (Å²) < 4.78 is 5.53. The second-order valence-electron chi connectivity index (χ2n) is 9.57. The molecule has 6 nitrogen and oxygen atoms in total. The SMILES string of the molecule is CC[C@]1(c2cccc(N3CCOCC3)c2)C2=CN=NC2NC2=C1C(=O)CC(C)(C)C2. The zero-order valence-corrected chi connectivity index (χ0v) is 18.1. The number of Topliss-reactive ketones (excluding diaryl/α,β-unsaturated/α-hetero) is 1. The number of fused-ring (bicyclic) bond motifs is 1. The van der Waals surface area contributed by atoms with Crippen molar-refractivity contribution in [2.24, 2.45) is 15.6 Å². The number of benzene rings is 1. The molecule has 1 aliphatic carbocycles. The average Bonchev–Trinajstić information content (AvgIpc) is 3.21. The fourth-order valence-electron chi connectivity index (χ4n) is 5.68. The van der Waals surface area contributed by atoms with Gasteiger partial charge in [0.2, 0.25) is 0 Å². The first-order valence-electron chi connectivity index (χ1n) is 11.0. The van der Waals surface area contributed by atoms with Crippen LogP contribution in [0.2, 0.25) is 0 Å². The first-order valence-corrected chi connectivity index (χ1v) is 11.0. The minimum atomic E-state index is -0.482. The van der Waals surface area contributed by atoms with Gasteiger partial charge < -0.3 is 15.0 Å². The predicted octanol–water partition coefficient (Wildman–Crippen LogP) is 4.09. The Balaban J connectivity index is 1.68. The predicted molar refractivity (Wildman–Crippen MR) is 116 cm³/mol. The third-order valence-corrected chi connectivity index (χ3v) is 7.02. The van der Waals surface area contributed by atoms with Gasteiger partial charge >= 0.3 is 0 Å². The number of anilines is 1. The molecule has 2 atom stereocenters. The highest BCUT2D eigenvalue weighted by Crippen LogP contribution is 2.53. The van der Waals surface area contributed by atoms with Crippen LogP contribution in [0.3, 0.4) is 0 Å². The Morgan fingerprint density at radius 1 is 1.23 bits per heavy atom. The molecule has 0 aromatic heterocycles. The molecule has 0 saturated carbocycles. The van der Waals surface area contributed by atoms with Crippen LogP contribution in [0.25, 0.3) is 0 Å². The maximum absolute atomic E-state index is 13.6. The Hall–Kier alpha value is -2.47.